The number of ether oxygens (including phenoxy) is 7. The lowest BCUT2D eigenvalue weighted by Gasteiger charge is -2.33. The van der Waals surface area contributed by atoms with Crippen LogP contribution in [0, 0.1) is 0 Å². The Kier molecular flexibility index (Phi) is 12.4. The Morgan fingerprint density at radius 1 is 0.841 bits per heavy atom. The minimum Gasteiger partial charge on any atom is -0.493 e. The minimum absolute atomic E-state index is 0. The number of carbonyl (C=O) groups is 1. The van der Waals surface area contributed by atoms with Crippen molar-refractivity contribution in [1.29, 1.82) is 0 Å². The van der Waals surface area contributed by atoms with Gasteiger partial charge < -0.3 is 33.2 Å². The maximum absolute atomic E-state index is 13.7. The highest BCUT2D eigenvalue weighted by Crippen LogP contribution is 2.42. The first-order valence-corrected chi connectivity index (χ1v) is 14.2. The molecule has 1 aromatic heterocycles. The number of halogens is 1. The van der Waals surface area contributed by atoms with Crippen LogP contribution in [-0.4, -0.2) is 89.0 Å². The standard InChI is InChI=1S/C31H41N3O9.ClH/c1-33(20-11-9-8-10-12-20)17-21(43-31(36)19-13-24(37-2)28(41-6)25(14-19)38-3)18-34-30(35)22-15-26(39-4)29(42-7)27(40-5)23(22)16-32-34;/h13-16,20-21H,8-12,17-18H2,1-7H3;1H. The summed E-state index contributed by atoms with van der Waals surface area (Å²) >= 11 is 0. The molecule has 1 unspecified atom stereocenters. The minimum atomic E-state index is -0.705. The molecular weight excluding hydrogens is 594 g/mol. The largest absolute Gasteiger partial charge is 0.493 e. The van der Waals surface area contributed by atoms with Crippen LogP contribution in [0.2, 0.25) is 0 Å². The summed E-state index contributed by atoms with van der Waals surface area (Å²) in [6, 6.07) is 5.04. The molecule has 3 aromatic rings. The van der Waals surface area contributed by atoms with Crippen molar-refractivity contribution in [2.45, 2.75) is 50.8 Å². The Labute approximate surface area is 263 Å². The van der Waals surface area contributed by atoms with E-state index in [0.717, 1.165) is 25.7 Å². The molecule has 1 heterocycles. The van der Waals surface area contributed by atoms with E-state index in [0.29, 0.717) is 57.9 Å². The van der Waals surface area contributed by atoms with Gasteiger partial charge in [-0.2, -0.15) is 5.10 Å². The van der Waals surface area contributed by atoms with Crippen molar-refractivity contribution < 1.29 is 38.0 Å². The van der Waals surface area contributed by atoms with E-state index < -0.39 is 12.1 Å². The molecule has 0 N–H and O–H groups in total. The van der Waals surface area contributed by atoms with E-state index in [9.17, 15) is 9.59 Å². The third kappa shape index (κ3) is 7.24. The van der Waals surface area contributed by atoms with Crippen molar-refractivity contribution in [1.82, 2.24) is 14.7 Å². The lowest BCUT2D eigenvalue weighted by atomic mass is 9.94. The van der Waals surface area contributed by atoms with E-state index in [1.807, 2.05) is 7.05 Å². The second-order valence-corrected chi connectivity index (χ2v) is 10.4. The van der Waals surface area contributed by atoms with Gasteiger partial charge in [0.1, 0.15) is 6.10 Å². The molecule has 1 saturated carbocycles. The highest BCUT2D eigenvalue weighted by Gasteiger charge is 2.27. The number of hydrogen-bond acceptors (Lipinski definition) is 11. The molecule has 1 aliphatic carbocycles. The smallest absolute Gasteiger partial charge is 0.338 e. The van der Waals surface area contributed by atoms with E-state index >= 15 is 0 Å². The number of hydrogen-bond donors (Lipinski definition) is 0. The lowest BCUT2D eigenvalue weighted by Crippen LogP contribution is -2.43. The maximum atomic E-state index is 13.7. The van der Waals surface area contributed by atoms with Gasteiger partial charge in [-0.05, 0) is 38.1 Å². The Bertz CT molecular complexity index is 1470. The quantitative estimate of drug-likeness (QED) is 0.249. The molecule has 0 spiro atoms. The van der Waals surface area contributed by atoms with E-state index in [4.69, 9.17) is 33.2 Å². The van der Waals surface area contributed by atoms with Crippen LogP contribution in [0.3, 0.4) is 0 Å². The fourth-order valence-corrected chi connectivity index (χ4v) is 5.67. The summed E-state index contributed by atoms with van der Waals surface area (Å²) < 4.78 is 40.1. The molecule has 0 saturated heterocycles. The van der Waals surface area contributed by atoms with Gasteiger partial charge in [0.25, 0.3) is 5.56 Å². The first kappa shape index (κ1) is 34.6. The van der Waals surface area contributed by atoms with Crippen LogP contribution in [0.4, 0.5) is 0 Å². The number of rotatable bonds is 13. The number of fused-ring (bicyclic) bond motifs is 1. The number of methoxy groups -OCH3 is 6. The van der Waals surface area contributed by atoms with Gasteiger partial charge in [0, 0.05) is 12.6 Å². The number of likely N-dealkylation sites (N-methyl/N-ethyl adjacent to an activating group) is 1. The third-order valence-corrected chi connectivity index (χ3v) is 7.90. The van der Waals surface area contributed by atoms with Crippen LogP contribution in [0.1, 0.15) is 42.5 Å². The summed E-state index contributed by atoms with van der Waals surface area (Å²) in [5, 5.41) is 5.24. The molecule has 0 amide bonds. The molecule has 2 aromatic carbocycles. The highest BCUT2D eigenvalue weighted by atomic mass is 35.5. The first-order chi connectivity index (χ1) is 20.8. The number of aromatic nitrogens is 2. The summed E-state index contributed by atoms with van der Waals surface area (Å²) in [5.74, 6) is 1.49. The molecular formula is C31H42ClN3O9. The summed E-state index contributed by atoms with van der Waals surface area (Å²) in [6.45, 7) is 0.431. The van der Waals surface area contributed by atoms with Crippen molar-refractivity contribution in [3.05, 3.63) is 40.3 Å². The number of benzene rings is 2. The van der Waals surface area contributed by atoms with Gasteiger partial charge in [0.2, 0.25) is 11.5 Å². The first-order valence-electron chi connectivity index (χ1n) is 14.2. The zero-order valence-corrected chi connectivity index (χ0v) is 27.2. The van der Waals surface area contributed by atoms with E-state index in [2.05, 4.69) is 10.00 Å². The van der Waals surface area contributed by atoms with Crippen molar-refractivity contribution in [2.24, 2.45) is 0 Å². The fraction of sp³-hybridized carbons (Fsp3) is 0.516. The Morgan fingerprint density at radius 3 is 1.95 bits per heavy atom. The molecule has 12 nitrogen and oxygen atoms in total. The maximum Gasteiger partial charge on any atom is 0.338 e. The predicted octanol–water partition coefficient (Wildman–Crippen LogP) is 4.36. The van der Waals surface area contributed by atoms with Gasteiger partial charge in [-0.15, -0.1) is 12.4 Å². The molecule has 13 heteroatoms. The van der Waals surface area contributed by atoms with Crippen LogP contribution in [-0.2, 0) is 11.3 Å². The van der Waals surface area contributed by atoms with Crippen LogP contribution in [0.25, 0.3) is 10.8 Å². The van der Waals surface area contributed by atoms with Crippen molar-refractivity contribution in [3.63, 3.8) is 0 Å². The number of carbonyl (C=O) groups excluding carboxylic acids is 1. The van der Waals surface area contributed by atoms with Gasteiger partial charge in [-0.1, -0.05) is 19.3 Å². The average Bonchev–Trinajstić information content (AvgIpc) is 3.04. The number of nitrogens with zero attached hydrogens (tertiary/aromatic N) is 3. The van der Waals surface area contributed by atoms with Crippen LogP contribution < -0.4 is 34.0 Å². The van der Waals surface area contributed by atoms with Gasteiger partial charge in [-0.25, -0.2) is 9.48 Å². The second-order valence-electron chi connectivity index (χ2n) is 10.4. The van der Waals surface area contributed by atoms with Crippen molar-refractivity contribution >= 4 is 29.1 Å². The molecule has 0 aliphatic heterocycles. The molecule has 242 valence electrons. The Morgan fingerprint density at radius 2 is 1.41 bits per heavy atom. The summed E-state index contributed by atoms with van der Waals surface area (Å²) in [6.07, 6.45) is 6.51. The lowest BCUT2D eigenvalue weighted by molar-refractivity contribution is 0.0105. The molecule has 0 bridgehead atoms. The normalized spacial score (nSPS) is 14.0. The molecule has 1 aliphatic rings. The molecule has 1 atom stereocenters. The average molecular weight is 636 g/mol. The molecule has 44 heavy (non-hydrogen) atoms. The van der Waals surface area contributed by atoms with E-state index in [1.54, 1.807) is 12.3 Å². The van der Waals surface area contributed by atoms with E-state index in [1.165, 1.54) is 65.9 Å². The molecule has 4 rings (SSSR count). The topological polar surface area (TPSA) is 120 Å². The monoisotopic (exact) mass is 635 g/mol. The van der Waals surface area contributed by atoms with Gasteiger partial charge >= 0.3 is 5.97 Å². The zero-order valence-electron chi connectivity index (χ0n) is 26.3. The summed E-state index contributed by atoms with van der Waals surface area (Å²) in [5.41, 5.74) is -0.161. The SMILES string of the molecule is COc1cc(C(=O)OC(CN(C)C2CCCCC2)Cn2ncc3c(OC)c(OC)c(OC)cc3c2=O)cc(OC)c1OC.Cl. The van der Waals surface area contributed by atoms with Gasteiger partial charge in [-0.3, -0.25) is 9.69 Å². The Hall–Kier alpha value is -3.90. The summed E-state index contributed by atoms with van der Waals surface area (Å²) in [7, 11) is 10.9. The van der Waals surface area contributed by atoms with Crippen LogP contribution >= 0.6 is 12.4 Å². The van der Waals surface area contributed by atoms with Crippen molar-refractivity contribution in [2.75, 3.05) is 56.3 Å². The van der Waals surface area contributed by atoms with Crippen LogP contribution in [0.15, 0.2) is 29.2 Å². The number of esters is 1. The molecule has 1 fully saturated rings. The molecule has 0 radical (unpaired) electrons. The van der Waals surface area contributed by atoms with Crippen LogP contribution in [0.5, 0.6) is 34.5 Å². The highest BCUT2D eigenvalue weighted by molar-refractivity contribution is 5.92. The fourth-order valence-electron chi connectivity index (χ4n) is 5.67. The van der Waals surface area contributed by atoms with Crippen molar-refractivity contribution in [3.8, 4) is 34.5 Å². The predicted molar refractivity (Wildman–Crippen MR) is 168 cm³/mol. The second kappa shape index (κ2) is 15.7. The zero-order chi connectivity index (χ0) is 31.1. The van der Waals surface area contributed by atoms with Gasteiger partial charge in [0.15, 0.2) is 23.0 Å². The third-order valence-electron chi connectivity index (χ3n) is 7.90. The van der Waals surface area contributed by atoms with Gasteiger partial charge in [0.05, 0.1) is 71.7 Å². The summed E-state index contributed by atoms with van der Waals surface area (Å²) in [4.78, 5) is 29.5. The Balaban J connectivity index is 0.00000529. The van der Waals surface area contributed by atoms with E-state index in [-0.39, 0.29) is 30.1 Å².